The predicted octanol–water partition coefficient (Wildman–Crippen LogP) is 3.69. The number of nitrogens with zero attached hydrogens (tertiary/aromatic N) is 2. The highest BCUT2D eigenvalue weighted by Crippen LogP contribution is 2.24. The van der Waals surface area contributed by atoms with E-state index in [1.165, 1.54) is 11.1 Å². The summed E-state index contributed by atoms with van der Waals surface area (Å²) in [6, 6.07) is 9.77. The number of carbonyl (C=O) groups is 1. The van der Waals surface area contributed by atoms with E-state index >= 15 is 0 Å². The second kappa shape index (κ2) is 7.02. The minimum absolute atomic E-state index is 0.0674. The molecule has 0 aliphatic rings. The summed E-state index contributed by atoms with van der Waals surface area (Å²) < 4.78 is 0. The number of hydrogen-bond acceptors (Lipinski definition) is 4. The van der Waals surface area contributed by atoms with Crippen LogP contribution in [0.15, 0.2) is 30.3 Å². The third-order valence-corrected chi connectivity index (χ3v) is 3.43. The fraction of sp³-hybridized carbons (Fsp3) is 0.353. The fourth-order valence-corrected chi connectivity index (χ4v) is 2.07. The zero-order chi connectivity index (χ0) is 16.1. The van der Waals surface area contributed by atoms with Gasteiger partial charge in [0, 0.05) is 11.6 Å². The Hall–Kier alpha value is -2.43. The van der Waals surface area contributed by atoms with E-state index in [1.807, 2.05) is 19.9 Å². The van der Waals surface area contributed by atoms with Gasteiger partial charge in [0.25, 0.3) is 0 Å². The molecule has 0 atom stereocenters. The number of anilines is 3. The monoisotopic (exact) mass is 298 g/mol. The molecule has 5 nitrogen and oxygen atoms in total. The van der Waals surface area contributed by atoms with Crippen LogP contribution in [0, 0.1) is 12.8 Å². The van der Waals surface area contributed by atoms with Crippen molar-refractivity contribution in [2.45, 2.75) is 34.1 Å². The molecule has 0 saturated carbocycles. The van der Waals surface area contributed by atoms with Gasteiger partial charge in [-0.25, -0.2) is 0 Å². The first kappa shape index (κ1) is 15.9. The van der Waals surface area contributed by atoms with Crippen LogP contribution in [0.1, 0.15) is 31.9 Å². The van der Waals surface area contributed by atoms with E-state index in [9.17, 15) is 4.79 Å². The van der Waals surface area contributed by atoms with Crippen LogP contribution < -0.4 is 10.6 Å². The number of hydrogen-bond donors (Lipinski definition) is 2. The summed E-state index contributed by atoms with van der Waals surface area (Å²) in [7, 11) is 0. The average Bonchev–Trinajstić information content (AvgIpc) is 2.51. The van der Waals surface area contributed by atoms with Crippen LogP contribution in [0.3, 0.4) is 0 Å². The quantitative estimate of drug-likeness (QED) is 0.883. The molecule has 0 aliphatic heterocycles. The molecule has 2 aromatic rings. The smallest absolute Gasteiger partial charge is 0.228 e. The minimum Gasteiger partial charge on any atom is -0.338 e. The highest BCUT2D eigenvalue weighted by atomic mass is 16.1. The summed E-state index contributed by atoms with van der Waals surface area (Å²) in [5.74, 6) is 0.970. The van der Waals surface area contributed by atoms with E-state index in [2.05, 4.69) is 52.9 Å². The van der Waals surface area contributed by atoms with Crippen molar-refractivity contribution in [1.29, 1.82) is 0 Å². The Balaban J connectivity index is 2.14. The summed E-state index contributed by atoms with van der Waals surface area (Å²) >= 11 is 0. The van der Waals surface area contributed by atoms with Gasteiger partial charge in [-0.15, -0.1) is 10.2 Å². The van der Waals surface area contributed by atoms with Gasteiger partial charge >= 0.3 is 0 Å². The number of nitrogens with one attached hydrogen (secondary N) is 2. The zero-order valence-electron chi connectivity index (χ0n) is 13.5. The molecule has 0 bridgehead atoms. The van der Waals surface area contributed by atoms with Crippen molar-refractivity contribution < 1.29 is 4.79 Å². The maximum atomic E-state index is 11.6. The van der Waals surface area contributed by atoms with Crippen molar-refractivity contribution >= 4 is 23.2 Å². The molecule has 0 unspecified atom stereocenters. The van der Waals surface area contributed by atoms with Gasteiger partial charge in [-0.1, -0.05) is 39.0 Å². The first-order valence-corrected chi connectivity index (χ1v) is 7.51. The van der Waals surface area contributed by atoms with Crippen LogP contribution >= 0.6 is 0 Å². The molecule has 2 N–H and O–H groups in total. The summed E-state index contributed by atoms with van der Waals surface area (Å²) in [5, 5.41) is 14.2. The van der Waals surface area contributed by atoms with Gasteiger partial charge in [-0.05, 0) is 36.6 Å². The highest BCUT2D eigenvalue weighted by Gasteiger charge is 2.09. The molecule has 0 saturated heterocycles. The Labute approximate surface area is 131 Å². The van der Waals surface area contributed by atoms with E-state index in [4.69, 9.17) is 0 Å². The van der Waals surface area contributed by atoms with Gasteiger partial charge in [-0.3, -0.25) is 4.79 Å². The Bertz CT molecular complexity index is 650. The molecule has 0 fully saturated rings. The molecular formula is C17H22N4O. The Kier molecular flexibility index (Phi) is 5.09. The number of aryl methyl sites for hydroxylation is 2. The van der Waals surface area contributed by atoms with Crippen LogP contribution in [-0.2, 0) is 11.2 Å². The van der Waals surface area contributed by atoms with Crippen LogP contribution in [0.2, 0.25) is 0 Å². The van der Waals surface area contributed by atoms with Gasteiger partial charge in [0.2, 0.25) is 5.91 Å². The molecule has 2 rings (SSSR count). The third-order valence-electron chi connectivity index (χ3n) is 3.43. The molecule has 0 aliphatic carbocycles. The molecular weight excluding hydrogens is 276 g/mol. The van der Waals surface area contributed by atoms with Gasteiger partial charge in [0.15, 0.2) is 11.6 Å². The second-order valence-corrected chi connectivity index (χ2v) is 5.54. The number of benzene rings is 1. The van der Waals surface area contributed by atoms with Crippen molar-refractivity contribution in [3.05, 3.63) is 41.5 Å². The maximum absolute atomic E-state index is 11.6. The summed E-state index contributed by atoms with van der Waals surface area (Å²) in [6.45, 7) is 7.86. The lowest BCUT2D eigenvalue weighted by Gasteiger charge is -2.13. The lowest BCUT2D eigenvalue weighted by atomic mass is 10.1. The first-order chi connectivity index (χ1) is 10.5. The molecule has 116 valence electrons. The molecule has 22 heavy (non-hydrogen) atoms. The van der Waals surface area contributed by atoms with Crippen LogP contribution in [0.25, 0.3) is 0 Å². The number of amides is 1. The summed E-state index contributed by atoms with van der Waals surface area (Å²) in [5.41, 5.74) is 3.47. The van der Waals surface area contributed by atoms with Gasteiger partial charge < -0.3 is 10.6 Å². The molecule has 1 aromatic carbocycles. The third kappa shape index (κ3) is 3.81. The average molecular weight is 298 g/mol. The molecule has 0 radical (unpaired) electrons. The SMILES string of the molecule is CCc1cccc(C)c1Nc1ccc(NC(=O)C(C)C)nn1. The Morgan fingerprint density at radius 2 is 1.82 bits per heavy atom. The standard InChI is InChI=1S/C17H22N4O/c1-5-13-8-6-7-12(4)16(13)18-14-9-10-15(21-20-14)19-17(22)11(2)3/h6-11H,5H2,1-4H3,(H,18,20)(H,19,21,22). The molecule has 1 heterocycles. The van der Waals surface area contributed by atoms with Crippen molar-refractivity contribution in [2.75, 3.05) is 10.6 Å². The number of rotatable bonds is 5. The lowest BCUT2D eigenvalue weighted by molar-refractivity contribution is -0.118. The fourth-order valence-electron chi connectivity index (χ4n) is 2.07. The second-order valence-electron chi connectivity index (χ2n) is 5.54. The van der Waals surface area contributed by atoms with E-state index in [-0.39, 0.29) is 11.8 Å². The Morgan fingerprint density at radius 3 is 2.41 bits per heavy atom. The summed E-state index contributed by atoms with van der Waals surface area (Å²) in [4.78, 5) is 11.6. The maximum Gasteiger partial charge on any atom is 0.228 e. The van der Waals surface area contributed by atoms with Crippen LogP contribution in [0.4, 0.5) is 17.3 Å². The molecule has 1 amide bonds. The molecule has 5 heteroatoms. The largest absolute Gasteiger partial charge is 0.338 e. The minimum atomic E-state index is -0.0846. The number of para-hydroxylation sites is 1. The van der Waals surface area contributed by atoms with E-state index in [0.717, 1.165) is 12.1 Å². The number of aromatic nitrogens is 2. The van der Waals surface area contributed by atoms with E-state index in [1.54, 1.807) is 6.07 Å². The molecule has 1 aromatic heterocycles. The van der Waals surface area contributed by atoms with Gasteiger partial charge in [-0.2, -0.15) is 0 Å². The lowest BCUT2D eigenvalue weighted by Crippen LogP contribution is -2.18. The Morgan fingerprint density at radius 1 is 1.14 bits per heavy atom. The predicted molar refractivity (Wildman–Crippen MR) is 89.3 cm³/mol. The zero-order valence-corrected chi connectivity index (χ0v) is 13.5. The van der Waals surface area contributed by atoms with Gasteiger partial charge in [0.05, 0.1) is 0 Å². The van der Waals surface area contributed by atoms with Crippen molar-refractivity contribution in [1.82, 2.24) is 10.2 Å². The topological polar surface area (TPSA) is 66.9 Å². The van der Waals surface area contributed by atoms with Crippen LogP contribution in [-0.4, -0.2) is 16.1 Å². The van der Waals surface area contributed by atoms with E-state index < -0.39 is 0 Å². The highest BCUT2D eigenvalue weighted by molar-refractivity contribution is 5.91. The van der Waals surface area contributed by atoms with E-state index in [0.29, 0.717) is 11.6 Å². The van der Waals surface area contributed by atoms with Crippen molar-refractivity contribution in [3.8, 4) is 0 Å². The van der Waals surface area contributed by atoms with Gasteiger partial charge in [0.1, 0.15) is 0 Å². The van der Waals surface area contributed by atoms with Crippen LogP contribution in [0.5, 0.6) is 0 Å². The van der Waals surface area contributed by atoms with Crippen molar-refractivity contribution in [2.24, 2.45) is 5.92 Å². The normalized spacial score (nSPS) is 10.6. The number of carbonyl (C=O) groups excluding carboxylic acids is 1. The first-order valence-electron chi connectivity index (χ1n) is 7.51. The summed E-state index contributed by atoms with van der Waals surface area (Å²) in [6.07, 6.45) is 0.944. The molecule has 0 spiro atoms. The van der Waals surface area contributed by atoms with Crippen molar-refractivity contribution in [3.63, 3.8) is 0 Å².